The zero-order chi connectivity index (χ0) is 16.3. The Morgan fingerprint density at radius 2 is 2.23 bits per heavy atom. The third-order valence-corrected chi connectivity index (χ3v) is 3.78. The van der Waals surface area contributed by atoms with E-state index >= 15 is 0 Å². The predicted molar refractivity (Wildman–Crippen MR) is 83.4 cm³/mol. The number of anilines is 1. The van der Waals surface area contributed by atoms with Crippen LogP contribution in [0.15, 0.2) is 18.2 Å². The van der Waals surface area contributed by atoms with Gasteiger partial charge in [0.15, 0.2) is 0 Å². The van der Waals surface area contributed by atoms with E-state index in [1.165, 1.54) is 12.1 Å². The van der Waals surface area contributed by atoms with Gasteiger partial charge < -0.3 is 14.5 Å². The van der Waals surface area contributed by atoms with Crippen molar-refractivity contribution in [1.82, 2.24) is 4.90 Å². The van der Waals surface area contributed by atoms with Crippen molar-refractivity contribution in [3.8, 4) is 0 Å². The second-order valence-electron chi connectivity index (χ2n) is 5.51. The number of benzene rings is 1. The highest BCUT2D eigenvalue weighted by Gasteiger charge is 2.27. The van der Waals surface area contributed by atoms with Crippen molar-refractivity contribution in [3.63, 3.8) is 0 Å². The van der Waals surface area contributed by atoms with Crippen molar-refractivity contribution in [2.45, 2.75) is 19.4 Å². The van der Waals surface area contributed by atoms with Gasteiger partial charge in [0.2, 0.25) is 0 Å². The van der Waals surface area contributed by atoms with Crippen LogP contribution < -0.4 is 4.90 Å². The molecule has 1 heterocycles. The van der Waals surface area contributed by atoms with Gasteiger partial charge in [-0.1, -0.05) is 6.92 Å². The van der Waals surface area contributed by atoms with Crippen molar-refractivity contribution in [2.24, 2.45) is 0 Å². The number of nitrogens with zero attached hydrogens (tertiary/aromatic N) is 3. The van der Waals surface area contributed by atoms with Crippen molar-refractivity contribution in [3.05, 3.63) is 33.9 Å². The van der Waals surface area contributed by atoms with E-state index in [2.05, 4.69) is 0 Å². The van der Waals surface area contributed by atoms with Gasteiger partial charge in [-0.3, -0.25) is 14.9 Å². The summed E-state index contributed by atoms with van der Waals surface area (Å²) in [4.78, 5) is 26.8. The molecule has 2 rings (SSSR count). The molecule has 0 aliphatic carbocycles. The lowest BCUT2D eigenvalue weighted by Crippen LogP contribution is -2.45. The lowest BCUT2D eigenvalue weighted by atomic mass is 10.1. The van der Waals surface area contributed by atoms with E-state index in [1.807, 2.05) is 21.0 Å². The molecule has 22 heavy (non-hydrogen) atoms. The van der Waals surface area contributed by atoms with E-state index in [-0.39, 0.29) is 17.7 Å². The summed E-state index contributed by atoms with van der Waals surface area (Å²) in [7, 11) is 3.62. The fraction of sp³-hybridized carbons (Fsp3) is 0.533. The quantitative estimate of drug-likeness (QED) is 0.627. The van der Waals surface area contributed by atoms with Crippen LogP contribution in [-0.4, -0.2) is 55.6 Å². The molecule has 0 saturated carbocycles. The average Bonchev–Trinajstić information content (AvgIpc) is 2.53. The van der Waals surface area contributed by atoms with E-state index in [0.717, 1.165) is 6.42 Å². The molecule has 1 amide bonds. The molecule has 0 radical (unpaired) electrons. The minimum Gasteiger partial charge on any atom is -0.377 e. The first kappa shape index (κ1) is 16.2. The second-order valence-corrected chi connectivity index (χ2v) is 5.51. The van der Waals surface area contributed by atoms with Crippen LogP contribution in [0.3, 0.4) is 0 Å². The fourth-order valence-electron chi connectivity index (χ4n) is 2.52. The molecular formula is C15H21N3O4. The standard InChI is InChI=1S/C15H21N3O4/c1-4-12-10-17(7-8-22-12)15(19)13-9-11(18(20)21)5-6-14(13)16(2)3/h5-6,9,12H,4,7-8,10H2,1-3H3/t12-/m1/s1. The summed E-state index contributed by atoms with van der Waals surface area (Å²) < 4.78 is 5.57. The maximum Gasteiger partial charge on any atom is 0.270 e. The molecule has 0 aromatic heterocycles. The highest BCUT2D eigenvalue weighted by molar-refractivity contribution is 6.00. The van der Waals surface area contributed by atoms with E-state index in [0.29, 0.717) is 30.9 Å². The molecular weight excluding hydrogens is 286 g/mol. The predicted octanol–water partition coefficient (Wildman–Crippen LogP) is 1.91. The number of hydrogen-bond acceptors (Lipinski definition) is 5. The van der Waals surface area contributed by atoms with Gasteiger partial charge in [-0.2, -0.15) is 0 Å². The summed E-state index contributed by atoms with van der Waals surface area (Å²) in [6, 6.07) is 4.39. The van der Waals surface area contributed by atoms with Gasteiger partial charge in [0, 0.05) is 45.0 Å². The first-order valence-corrected chi connectivity index (χ1v) is 7.30. The Bertz CT molecular complexity index is 574. The maximum atomic E-state index is 12.8. The molecule has 0 unspecified atom stereocenters. The molecule has 1 aromatic carbocycles. The van der Waals surface area contributed by atoms with Crippen molar-refractivity contribution in [2.75, 3.05) is 38.7 Å². The van der Waals surface area contributed by atoms with E-state index in [1.54, 1.807) is 15.9 Å². The van der Waals surface area contributed by atoms with Crippen molar-refractivity contribution < 1.29 is 14.5 Å². The summed E-state index contributed by atoms with van der Waals surface area (Å²) in [5.41, 5.74) is 0.959. The molecule has 0 N–H and O–H groups in total. The molecule has 1 atom stereocenters. The van der Waals surface area contributed by atoms with Gasteiger partial charge in [0.1, 0.15) is 0 Å². The number of amides is 1. The maximum absolute atomic E-state index is 12.8. The van der Waals surface area contributed by atoms with Crippen LogP contribution in [0.25, 0.3) is 0 Å². The highest BCUT2D eigenvalue weighted by Crippen LogP contribution is 2.26. The van der Waals surface area contributed by atoms with Gasteiger partial charge in [-0.05, 0) is 12.5 Å². The van der Waals surface area contributed by atoms with Crippen molar-refractivity contribution >= 4 is 17.3 Å². The van der Waals surface area contributed by atoms with Gasteiger partial charge in [0.05, 0.1) is 23.2 Å². The molecule has 1 fully saturated rings. The SMILES string of the molecule is CC[C@@H]1CN(C(=O)c2cc([N+](=O)[O-])ccc2N(C)C)CCO1. The molecule has 7 nitrogen and oxygen atoms in total. The first-order chi connectivity index (χ1) is 10.4. The summed E-state index contributed by atoms with van der Waals surface area (Å²) in [5.74, 6) is -0.186. The van der Waals surface area contributed by atoms with E-state index < -0.39 is 4.92 Å². The number of ether oxygens (including phenoxy) is 1. The van der Waals surface area contributed by atoms with Crippen LogP contribution in [-0.2, 0) is 4.74 Å². The second kappa shape index (κ2) is 6.74. The Hall–Kier alpha value is -2.15. The Kier molecular flexibility index (Phi) is 4.97. The van der Waals surface area contributed by atoms with Gasteiger partial charge >= 0.3 is 0 Å². The minimum atomic E-state index is -0.482. The number of carbonyl (C=O) groups excluding carboxylic acids is 1. The zero-order valence-corrected chi connectivity index (χ0v) is 13.1. The topological polar surface area (TPSA) is 75.9 Å². The third kappa shape index (κ3) is 3.36. The Morgan fingerprint density at radius 1 is 1.50 bits per heavy atom. The molecule has 1 aliphatic heterocycles. The summed E-state index contributed by atoms with van der Waals surface area (Å²) in [6.07, 6.45) is 0.860. The lowest BCUT2D eigenvalue weighted by molar-refractivity contribution is -0.384. The summed E-state index contributed by atoms with van der Waals surface area (Å²) >= 11 is 0. The van der Waals surface area contributed by atoms with Crippen LogP contribution in [0.4, 0.5) is 11.4 Å². The molecule has 1 aliphatic rings. The monoisotopic (exact) mass is 307 g/mol. The number of nitro benzene ring substituents is 1. The largest absolute Gasteiger partial charge is 0.377 e. The molecule has 0 bridgehead atoms. The molecule has 1 aromatic rings. The summed E-state index contributed by atoms with van der Waals surface area (Å²) in [6.45, 7) is 3.53. The van der Waals surface area contributed by atoms with Gasteiger partial charge in [-0.25, -0.2) is 0 Å². The van der Waals surface area contributed by atoms with Crippen molar-refractivity contribution in [1.29, 1.82) is 0 Å². The number of non-ortho nitro benzene ring substituents is 1. The lowest BCUT2D eigenvalue weighted by Gasteiger charge is -2.33. The number of morpholine rings is 1. The van der Waals surface area contributed by atoms with E-state index in [4.69, 9.17) is 4.74 Å². The number of rotatable bonds is 4. The smallest absolute Gasteiger partial charge is 0.270 e. The van der Waals surface area contributed by atoms with Gasteiger partial charge in [-0.15, -0.1) is 0 Å². The molecule has 7 heteroatoms. The van der Waals surface area contributed by atoms with Crippen LogP contribution in [0, 0.1) is 10.1 Å². The number of carbonyl (C=O) groups is 1. The number of hydrogen-bond donors (Lipinski definition) is 0. The average molecular weight is 307 g/mol. The van der Waals surface area contributed by atoms with E-state index in [9.17, 15) is 14.9 Å². The third-order valence-electron chi connectivity index (χ3n) is 3.78. The highest BCUT2D eigenvalue weighted by atomic mass is 16.6. The first-order valence-electron chi connectivity index (χ1n) is 7.30. The fourth-order valence-corrected chi connectivity index (χ4v) is 2.52. The van der Waals surface area contributed by atoms with Crippen LogP contribution in [0.5, 0.6) is 0 Å². The zero-order valence-electron chi connectivity index (χ0n) is 13.1. The van der Waals surface area contributed by atoms with Crippen LogP contribution in [0.1, 0.15) is 23.7 Å². The Morgan fingerprint density at radius 3 is 2.82 bits per heavy atom. The number of nitro groups is 1. The molecule has 120 valence electrons. The Labute approximate surface area is 129 Å². The molecule has 0 spiro atoms. The molecule has 1 saturated heterocycles. The van der Waals surface area contributed by atoms with Crippen LogP contribution in [0.2, 0.25) is 0 Å². The Balaban J connectivity index is 2.34. The normalized spacial score (nSPS) is 18.1. The van der Waals surface area contributed by atoms with Gasteiger partial charge in [0.25, 0.3) is 11.6 Å². The summed E-state index contributed by atoms with van der Waals surface area (Å²) in [5, 5.41) is 11.0. The minimum absolute atomic E-state index is 0.0270. The van der Waals surface area contributed by atoms with Crippen LogP contribution >= 0.6 is 0 Å².